The van der Waals surface area contributed by atoms with Gasteiger partial charge in [-0.05, 0) is 48.0 Å². The minimum Gasteiger partial charge on any atom is -0.422 e. The highest BCUT2D eigenvalue weighted by Crippen LogP contribution is 2.19. The van der Waals surface area contributed by atoms with Crippen LogP contribution in [0.25, 0.3) is 17.0 Å². The quantitative estimate of drug-likeness (QED) is 0.355. The van der Waals surface area contributed by atoms with Gasteiger partial charge in [-0.25, -0.2) is 4.79 Å². The van der Waals surface area contributed by atoms with Crippen LogP contribution in [0.1, 0.15) is 15.9 Å². The minimum absolute atomic E-state index is 0.000753. The summed E-state index contributed by atoms with van der Waals surface area (Å²) < 4.78 is 6.03. The van der Waals surface area contributed by atoms with Crippen LogP contribution in [0.15, 0.2) is 68.3 Å². The molecular formula is C18H10BrClO3. The highest BCUT2D eigenvalue weighted by molar-refractivity contribution is 9.10. The van der Waals surface area contributed by atoms with Crippen LogP contribution in [0.4, 0.5) is 0 Å². The molecule has 3 aromatic rings. The van der Waals surface area contributed by atoms with Crippen molar-refractivity contribution < 1.29 is 9.21 Å². The van der Waals surface area contributed by atoms with Crippen LogP contribution in [0.5, 0.6) is 0 Å². The lowest BCUT2D eigenvalue weighted by atomic mass is 10.1. The Labute approximate surface area is 145 Å². The minimum atomic E-state index is -0.648. The molecule has 2 aromatic carbocycles. The third-order valence-electron chi connectivity index (χ3n) is 3.26. The van der Waals surface area contributed by atoms with Crippen LogP contribution in [0.2, 0.25) is 5.02 Å². The molecule has 0 amide bonds. The van der Waals surface area contributed by atoms with Crippen molar-refractivity contribution in [1.82, 2.24) is 0 Å². The van der Waals surface area contributed by atoms with Gasteiger partial charge in [0.2, 0.25) is 0 Å². The Morgan fingerprint density at radius 2 is 1.83 bits per heavy atom. The van der Waals surface area contributed by atoms with Gasteiger partial charge in [-0.15, -0.1) is 0 Å². The van der Waals surface area contributed by atoms with Crippen LogP contribution in [-0.2, 0) is 0 Å². The van der Waals surface area contributed by atoms with Crippen molar-refractivity contribution in [3.05, 3.63) is 85.6 Å². The number of allylic oxidation sites excluding steroid dienone is 1. The van der Waals surface area contributed by atoms with Gasteiger partial charge in [0.25, 0.3) is 0 Å². The number of halogens is 2. The van der Waals surface area contributed by atoms with Gasteiger partial charge < -0.3 is 4.42 Å². The molecule has 3 rings (SSSR count). The summed E-state index contributed by atoms with van der Waals surface area (Å²) in [4.78, 5) is 24.2. The topological polar surface area (TPSA) is 47.3 Å². The van der Waals surface area contributed by atoms with Crippen molar-refractivity contribution in [2.45, 2.75) is 0 Å². The lowest BCUT2D eigenvalue weighted by Gasteiger charge is -2.00. The van der Waals surface area contributed by atoms with E-state index < -0.39 is 11.4 Å². The van der Waals surface area contributed by atoms with Crippen LogP contribution in [0, 0.1) is 0 Å². The molecule has 0 aliphatic carbocycles. The van der Waals surface area contributed by atoms with Crippen molar-refractivity contribution >= 4 is 50.4 Å². The Morgan fingerprint density at radius 3 is 2.57 bits per heavy atom. The van der Waals surface area contributed by atoms with E-state index in [-0.39, 0.29) is 5.56 Å². The fraction of sp³-hybridized carbons (Fsp3) is 0. The summed E-state index contributed by atoms with van der Waals surface area (Å²) in [5, 5.41) is 1.30. The zero-order valence-electron chi connectivity index (χ0n) is 11.8. The number of benzene rings is 2. The molecule has 0 aliphatic heterocycles. The zero-order chi connectivity index (χ0) is 16.4. The first kappa shape index (κ1) is 15.7. The second-order valence-corrected chi connectivity index (χ2v) is 6.23. The van der Waals surface area contributed by atoms with Gasteiger partial charge in [0.05, 0.1) is 0 Å². The Morgan fingerprint density at radius 1 is 1.09 bits per heavy atom. The summed E-state index contributed by atoms with van der Waals surface area (Å²) in [6, 6.07) is 13.8. The average molecular weight is 390 g/mol. The Kier molecular flexibility index (Phi) is 4.46. The second kappa shape index (κ2) is 6.52. The van der Waals surface area contributed by atoms with E-state index in [1.54, 1.807) is 54.6 Å². The summed E-state index contributed by atoms with van der Waals surface area (Å²) in [5.74, 6) is -0.407. The molecule has 0 atom stereocenters. The number of fused-ring (bicyclic) bond motifs is 1. The fourth-order valence-corrected chi connectivity index (χ4v) is 2.61. The molecule has 0 bridgehead atoms. The monoisotopic (exact) mass is 388 g/mol. The molecule has 0 unspecified atom stereocenters. The largest absolute Gasteiger partial charge is 0.422 e. The highest BCUT2D eigenvalue weighted by Gasteiger charge is 2.11. The molecule has 3 nitrogen and oxygen atoms in total. The van der Waals surface area contributed by atoms with Crippen molar-refractivity contribution in [1.29, 1.82) is 0 Å². The molecule has 114 valence electrons. The molecule has 0 aliphatic rings. The average Bonchev–Trinajstić information content (AvgIpc) is 2.54. The Hall–Kier alpha value is -2.17. The first-order valence-corrected chi connectivity index (χ1v) is 7.91. The van der Waals surface area contributed by atoms with E-state index in [4.69, 9.17) is 16.0 Å². The highest BCUT2D eigenvalue weighted by atomic mass is 79.9. The molecule has 0 radical (unpaired) electrons. The Bertz CT molecular complexity index is 972. The van der Waals surface area contributed by atoms with E-state index in [9.17, 15) is 9.59 Å². The molecule has 5 heteroatoms. The van der Waals surface area contributed by atoms with Gasteiger partial charge in [0.15, 0.2) is 5.78 Å². The lowest BCUT2D eigenvalue weighted by molar-refractivity contribution is 0.104. The summed E-state index contributed by atoms with van der Waals surface area (Å²) in [7, 11) is 0. The first-order chi connectivity index (χ1) is 11.0. The van der Waals surface area contributed by atoms with Gasteiger partial charge in [0.1, 0.15) is 11.1 Å². The van der Waals surface area contributed by atoms with Gasteiger partial charge in [0, 0.05) is 14.9 Å². The first-order valence-electron chi connectivity index (χ1n) is 6.74. The molecule has 0 saturated heterocycles. The van der Waals surface area contributed by atoms with Crippen molar-refractivity contribution in [3.8, 4) is 0 Å². The number of hydrogen-bond acceptors (Lipinski definition) is 3. The summed E-state index contributed by atoms with van der Waals surface area (Å²) in [6.07, 6.45) is 2.97. The number of rotatable bonds is 3. The number of hydrogen-bond donors (Lipinski definition) is 0. The second-order valence-electron chi connectivity index (χ2n) is 4.88. The number of carbonyl (C=O) groups is 1. The maximum Gasteiger partial charge on any atom is 0.347 e. The van der Waals surface area contributed by atoms with Crippen molar-refractivity contribution in [2.24, 2.45) is 0 Å². The van der Waals surface area contributed by atoms with Gasteiger partial charge in [-0.2, -0.15) is 0 Å². The molecule has 0 N–H and O–H groups in total. The van der Waals surface area contributed by atoms with E-state index in [1.807, 2.05) is 0 Å². The molecule has 23 heavy (non-hydrogen) atoms. The molecule has 0 fully saturated rings. The third-order valence-corrected chi connectivity index (χ3v) is 4.00. The van der Waals surface area contributed by atoms with Crippen LogP contribution in [0.3, 0.4) is 0 Å². The van der Waals surface area contributed by atoms with Crippen molar-refractivity contribution in [3.63, 3.8) is 0 Å². The third kappa shape index (κ3) is 3.60. The summed E-state index contributed by atoms with van der Waals surface area (Å²) in [5.41, 5.74) is 0.610. The van der Waals surface area contributed by atoms with Crippen LogP contribution < -0.4 is 5.63 Å². The van der Waals surface area contributed by atoms with E-state index in [1.165, 1.54) is 6.08 Å². The van der Waals surface area contributed by atoms with E-state index in [0.717, 1.165) is 10.0 Å². The molecular weight excluding hydrogens is 380 g/mol. The van der Waals surface area contributed by atoms with E-state index in [0.29, 0.717) is 16.0 Å². The summed E-state index contributed by atoms with van der Waals surface area (Å²) >= 11 is 9.16. The van der Waals surface area contributed by atoms with E-state index in [2.05, 4.69) is 15.9 Å². The normalized spacial score (nSPS) is 11.2. The number of ketones is 1. The Balaban J connectivity index is 1.95. The fourth-order valence-electron chi connectivity index (χ4n) is 2.10. The molecule has 1 heterocycles. The predicted molar refractivity (Wildman–Crippen MR) is 95.0 cm³/mol. The van der Waals surface area contributed by atoms with Crippen LogP contribution >= 0.6 is 27.5 Å². The molecule has 0 spiro atoms. The zero-order valence-corrected chi connectivity index (χ0v) is 14.1. The molecule has 0 saturated carbocycles. The maximum atomic E-state index is 12.2. The van der Waals surface area contributed by atoms with Crippen molar-refractivity contribution in [2.75, 3.05) is 0 Å². The number of carbonyl (C=O) groups excluding carboxylic acids is 1. The molecule has 1 aromatic heterocycles. The predicted octanol–water partition coefficient (Wildman–Crippen LogP) is 5.11. The van der Waals surface area contributed by atoms with Gasteiger partial charge in [-0.3, -0.25) is 4.79 Å². The van der Waals surface area contributed by atoms with Crippen LogP contribution in [-0.4, -0.2) is 5.78 Å². The van der Waals surface area contributed by atoms with E-state index >= 15 is 0 Å². The summed E-state index contributed by atoms with van der Waals surface area (Å²) in [6.45, 7) is 0. The standard InChI is InChI=1S/C18H10BrClO3/c19-13-4-8-17-12(9-13)10-15(18(22)23-17)16(21)7-3-11-1-5-14(20)6-2-11/h1-10H/b7-3-. The smallest absolute Gasteiger partial charge is 0.347 e. The van der Waals surface area contributed by atoms with Gasteiger partial charge in [-0.1, -0.05) is 45.7 Å². The maximum absolute atomic E-state index is 12.2. The SMILES string of the molecule is O=C(/C=C\c1ccc(Cl)cc1)c1cc2cc(Br)ccc2oc1=O. The lowest BCUT2D eigenvalue weighted by Crippen LogP contribution is -2.11. The van der Waals surface area contributed by atoms with Gasteiger partial charge >= 0.3 is 5.63 Å².